The SMILES string of the molecule is Cc1ccc(NC(=O)CSc2nnc3n(C)c(=O)c4ccc(C(=O)NC5CCCC5)cc4n23)c(C)c1. The summed E-state index contributed by atoms with van der Waals surface area (Å²) in [7, 11) is 1.63. The zero-order valence-electron chi connectivity index (χ0n) is 20.5. The minimum Gasteiger partial charge on any atom is -0.349 e. The molecule has 2 heterocycles. The number of carbonyl (C=O) groups is 2. The average Bonchev–Trinajstić information content (AvgIpc) is 3.53. The molecule has 2 aromatic carbocycles. The first kappa shape index (κ1) is 24.1. The third-order valence-electron chi connectivity index (χ3n) is 6.63. The molecule has 0 aliphatic heterocycles. The summed E-state index contributed by atoms with van der Waals surface area (Å²) in [5.74, 6) is 0.126. The molecule has 36 heavy (non-hydrogen) atoms. The Balaban J connectivity index is 1.45. The van der Waals surface area contributed by atoms with Crippen LogP contribution in [0.4, 0.5) is 5.69 Å². The molecule has 2 amide bonds. The molecule has 9 nitrogen and oxygen atoms in total. The van der Waals surface area contributed by atoms with Crippen LogP contribution < -0.4 is 16.2 Å². The molecule has 2 N–H and O–H groups in total. The van der Waals surface area contributed by atoms with E-state index >= 15 is 0 Å². The summed E-state index contributed by atoms with van der Waals surface area (Å²) in [5, 5.41) is 15.4. The first-order chi connectivity index (χ1) is 17.3. The summed E-state index contributed by atoms with van der Waals surface area (Å²) in [6.07, 6.45) is 4.22. The number of aromatic nitrogens is 4. The lowest BCUT2D eigenvalue weighted by Crippen LogP contribution is -2.32. The van der Waals surface area contributed by atoms with Crippen LogP contribution in [-0.4, -0.2) is 42.8 Å². The van der Waals surface area contributed by atoms with Crippen LogP contribution in [0.25, 0.3) is 16.7 Å². The van der Waals surface area contributed by atoms with Gasteiger partial charge in [0.25, 0.3) is 11.5 Å². The number of fused-ring (bicyclic) bond motifs is 3. The number of hydrogen-bond acceptors (Lipinski definition) is 6. The Bertz CT molecular complexity index is 1550. The molecule has 186 valence electrons. The first-order valence-electron chi connectivity index (χ1n) is 12.0. The summed E-state index contributed by atoms with van der Waals surface area (Å²) in [6, 6.07) is 11.1. The van der Waals surface area contributed by atoms with Gasteiger partial charge < -0.3 is 10.6 Å². The van der Waals surface area contributed by atoms with E-state index < -0.39 is 0 Å². The van der Waals surface area contributed by atoms with Gasteiger partial charge in [-0.3, -0.25) is 23.4 Å². The van der Waals surface area contributed by atoms with Crippen LogP contribution in [0.5, 0.6) is 0 Å². The summed E-state index contributed by atoms with van der Waals surface area (Å²) in [6.45, 7) is 3.96. The average molecular weight is 505 g/mol. The molecule has 4 aromatic rings. The van der Waals surface area contributed by atoms with Crippen LogP contribution in [0, 0.1) is 13.8 Å². The minimum atomic E-state index is -0.225. The summed E-state index contributed by atoms with van der Waals surface area (Å²) < 4.78 is 3.16. The molecule has 5 rings (SSSR count). The van der Waals surface area contributed by atoms with Crippen LogP contribution in [0.2, 0.25) is 0 Å². The van der Waals surface area contributed by atoms with Gasteiger partial charge in [0.1, 0.15) is 0 Å². The molecule has 0 radical (unpaired) electrons. The van der Waals surface area contributed by atoms with E-state index in [1.165, 1.54) is 16.3 Å². The second-order valence-electron chi connectivity index (χ2n) is 9.32. The molecule has 0 spiro atoms. The number of aryl methyl sites for hydroxylation is 3. The van der Waals surface area contributed by atoms with Gasteiger partial charge >= 0.3 is 0 Å². The van der Waals surface area contributed by atoms with Gasteiger partial charge in [0.05, 0.1) is 16.7 Å². The molecule has 1 fully saturated rings. The van der Waals surface area contributed by atoms with Gasteiger partial charge in [-0.15, -0.1) is 10.2 Å². The van der Waals surface area contributed by atoms with Gasteiger partial charge in [-0.1, -0.05) is 42.3 Å². The van der Waals surface area contributed by atoms with Crippen LogP contribution in [-0.2, 0) is 11.8 Å². The predicted octanol–water partition coefficient (Wildman–Crippen LogP) is 3.60. The monoisotopic (exact) mass is 504 g/mol. The fraction of sp³-hybridized carbons (Fsp3) is 0.346. The molecular formula is C26H28N6O3S. The van der Waals surface area contributed by atoms with Crippen LogP contribution in [0.15, 0.2) is 46.3 Å². The van der Waals surface area contributed by atoms with Crippen molar-refractivity contribution in [2.24, 2.45) is 7.05 Å². The molecule has 2 aromatic heterocycles. The van der Waals surface area contributed by atoms with Crippen molar-refractivity contribution in [3.63, 3.8) is 0 Å². The third-order valence-corrected chi connectivity index (χ3v) is 7.56. The van der Waals surface area contributed by atoms with Gasteiger partial charge in [0.15, 0.2) is 5.16 Å². The number of thioether (sulfide) groups is 1. The number of hydrogen-bond donors (Lipinski definition) is 2. The van der Waals surface area contributed by atoms with E-state index in [-0.39, 0.29) is 29.2 Å². The van der Waals surface area contributed by atoms with Gasteiger partial charge in [0, 0.05) is 24.3 Å². The highest BCUT2D eigenvalue weighted by Gasteiger charge is 2.21. The Morgan fingerprint density at radius 3 is 2.61 bits per heavy atom. The molecule has 1 aliphatic carbocycles. The predicted molar refractivity (Wildman–Crippen MR) is 141 cm³/mol. The van der Waals surface area contributed by atoms with E-state index in [1.807, 2.05) is 32.0 Å². The molecule has 10 heteroatoms. The minimum absolute atomic E-state index is 0.111. The van der Waals surface area contributed by atoms with Crippen molar-refractivity contribution in [2.45, 2.75) is 50.7 Å². The number of rotatable bonds is 6. The maximum Gasteiger partial charge on any atom is 0.262 e. The number of amides is 2. The number of anilines is 1. The van der Waals surface area contributed by atoms with Gasteiger partial charge in [-0.25, -0.2) is 0 Å². The van der Waals surface area contributed by atoms with E-state index in [9.17, 15) is 14.4 Å². The molecule has 1 saturated carbocycles. The second kappa shape index (κ2) is 9.77. The summed E-state index contributed by atoms with van der Waals surface area (Å²) in [5.41, 5.74) is 3.67. The van der Waals surface area contributed by atoms with E-state index in [4.69, 9.17) is 0 Å². The van der Waals surface area contributed by atoms with Crippen molar-refractivity contribution in [1.82, 2.24) is 24.5 Å². The Labute approximate surface area is 212 Å². The fourth-order valence-corrected chi connectivity index (χ4v) is 5.44. The Kier molecular flexibility index (Phi) is 6.53. The number of benzene rings is 2. The van der Waals surface area contributed by atoms with Crippen LogP contribution in [0.3, 0.4) is 0 Å². The van der Waals surface area contributed by atoms with Crippen molar-refractivity contribution in [1.29, 1.82) is 0 Å². The molecule has 0 atom stereocenters. The quantitative estimate of drug-likeness (QED) is 0.388. The highest BCUT2D eigenvalue weighted by atomic mass is 32.2. The van der Waals surface area contributed by atoms with Crippen molar-refractivity contribution >= 4 is 45.9 Å². The molecule has 0 unspecified atom stereocenters. The molecule has 0 saturated heterocycles. The maximum atomic E-state index is 12.9. The fourth-order valence-electron chi connectivity index (χ4n) is 4.70. The Hall–Kier alpha value is -3.66. The highest BCUT2D eigenvalue weighted by molar-refractivity contribution is 7.99. The molecule has 0 bridgehead atoms. The Morgan fingerprint density at radius 1 is 1.08 bits per heavy atom. The van der Waals surface area contributed by atoms with Crippen molar-refractivity contribution in [3.05, 3.63) is 63.4 Å². The van der Waals surface area contributed by atoms with E-state index in [0.29, 0.717) is 27.4 Å². The lowest BCUT2D eigenvalue weighted by Gasteiger charge is -2.13. The normalized spacial score (nSPS) is 14.0. The van der Waals surface area contributed by atoms with Crippen LogP contribution >= 0.6 is 11.8 Å². The lowest BCUT2D eigenvalue weighted by atomic mass is 10.1. The summed E-state index contributed by atoms with van der Waals surface area (Å²) in [4.78, 5) is 38.5. The number of nitrogens with zero attached hydrogens (tertiary/aromatic N) is 4. The van der Waals surface area contributed by atoms with Gasteiger partial charge in [-0.05, 0) is 56.5 Å². The maximum absolute atomic E-state index is 12.9. The smallest absolute Gasteiger partial charge is 0.262 e. The Morgan fingerprint density at radius 2 is 1.86 bits per heavy atom. The zero-order chi connectivity index (χ0) is 25.4. The number of carbonyl (C=O) groups excluding carboxylic acids is 2. The van der Waals surface area contributed by atoms with Crippen LogP contribution in [0.1, 0.15) is 47.2 Å². The standard InChI is InChI=1S/C26H28N6O3S/c1-15-8-11-20(16(2)12-15)28-22(33)14-36-26-30-29-25-31(3)24(35)19-10-9-17(13-21(19)32(25)26)23(34)27-18-6-4-5-7-18/h8-13,18H,4-7,14H2,1-3H3,(H,27,34)(H,28,33). The van der Waals surface area contributed by atoms with Gasteiger partial charge in [-0.2, -0.15) is 0 Å². The largest absolute Gasteiger partial charge is 0.349 e. The molecule has 1 aliphatic rings. The topological polar surface area (TPSA) is 110 Å². The van der Waals surface area contributed by atoms with Gasteiger partial charge in [0.2, 0.25) is 11.7 Å². The van der Waals surface area contributed by atoms with E-state index in [1.54, 1.807) is 29.6 Å². The summed E-state index contributed by atoms with van der Waals surface area (Å²) >= 11 is 1.22. The van der Waals surface area contributed by atoms with Crippen molar-refractivity contribution in [2.75, 3.05) is 11.1 Å². The third kappa shape index (κ3) is 4.60. The molecular weight excluding hydrogens is 476 g/mol. The zero-order valence-corrected chi connectivity index (χ0v) is 21.3. The van der Waals surface area contributed by atoms with E-state index in [2.05, 4.69) is 20.8 Å². The second-order valence-corrected chi connectivity index (χ2v) is 10.3. The first-order valence-corrected chi connectivity index (χ1v) is 13.0. The van der Waals surface area contributed by atoms with Crippen molar-refractivity contribution in [3.8, 4) is 0 Å². The highest BCUT2D eigenvalue weighted by Crippen LogP contribution is 2.24. The van der Waals surface area contributed by atoms with Crippen molar-refractivity contribution < 1.29 is 9.59 Å². The van der Waals surface area contributed by atoms with E-state index in [0.717, 1.165) is 42.5 Å². The lowest BCUT2D eigenvalue weighted by molar-refractivity contribution is -0.113. The number of nitrogens with one attached hydrogen (secondary N) is 2.